The SMILES string of the molecule is Cc1ccc(C(C)NC(=O)c2ccc(NN)nc2)cc1. The molecule has 1 unspecified atom stereocenters. The molecule has 0 fully saturated rings. The fourth-order valence-electron chi connectivity index (χ4n) is 1.83. The number of pyridine rings is 1. The van der Waals surface area contributed by atoms with Gasteiger partial charge in [-0.3, -0.25) is 4.79 Å². The average Bonchev–Trinajstić information content (AvgIpc) is 2.48. The molecule has 0 saturated heterocycles. The van der Waals surface area contributed by atoms with Crippen molar-refractivity contribution < 1.29 is 4.79 Å². The topological polar surface area (TPSA) is 80.0 Å². The van der Waals surface area contributed by atoms with Crippen molar-refractivity contribution in [1.29, 1.82) is 0 Å². The molecule has 5 heteroatoms. The van der Waals surface area contributed by atoms with Gasteiger partial charge in [0, 0.05) is 6.20 Å². The van der Waals surface area contributed by atoms with E-state index in [4.69, 9.17) is 5.84 Å². The number of rotatable bonds is 4. The minimum Gasteiger partial charge on any atom is -0.345 e. The quantitative estimate of drug-likeness (QED) is 0.587. The molecular weight excluding hydrogens is 252 g/mol. The van der Waals surface area contributed by atoms with Crippen LogP contribution < -0.4 is 16.6 Å². The molecule has 0 radical (unpaired) electrons. The standard InChI is InChI=1S/C15H18N4O/c1-10-3-5-12(6-4-10)11(2)18-15(20)13-7-8-14(19-16)17-9-13/h3-9,11H,16H2,1-2H3,(H,17,19)(H,18,20). The van der Waals surface area contributed by atoms with Crippen LogP contribution in [0, 0.1) is 6.92 Å². The molecule has 0 aliphatic carbocycles. The summed E-state index contributed by atoms with van der Waals surface area (Å²) in [5, 5.41) is 2.94. The molecule has 1 aromatic carbocycles. The third kappa shape index (κ3) is 3.33. The van der Waals surface area contributed by atoms with Gasteiger partial charge >= 0.3 is 0 Å². The summed E-state index contributed by atoms with van der Waals surface area (Å²) in [5.74, 6) is 5.60. The number of nitrogens with zero attached hydrogens (tertiary/aromatic N) is 1. The number of carbonyl (C=O) groups is 1. The van der Waals surface area contributed by atoms with Crippen LogP contribution in [0.3, 0.4) is 0 Å². The smallest absolute Gasteiger partial charge is 0.253 e. The highest BCUT2D eigenvalue weighted by molar-refractivity contribution is 5.94. The highest BCUT2D eigenvalue weighted by Crippen LogP contribution is 2.14. The summed E-state index contributed by atoms with van der Waals surface area (Å²) in [5.41, 5.74) is 5.19. The highest BCUT2D eigenvalue weighted by Gasteiger charge is 2.11. The Morgan fingerprint density at radius 3 is 2.45 bits per heavy atom. The van der Waals surface area contributed by atoms with Crippen LogP contribution in [0.25, 0.3) is 0 Å². The number of aromatic nitrogens is 1. The number of nitrogen functional groups attached to an aromatic ring is 1. The monoisotopic (exact) mass is 270 g/mol. The molecule has 0 aliphatic heterocycles. The number of nitrogens with two attached hydrogens (primary N) is 1. The zero-order valence-corrected chi connectivity index (χ0v) is 11.6. The zero-order chi connectivity index (χ0) is 14.5. The second-order valence-electron chi connectivity index (χ2n) is 4.68. The fraction of sp³-hybridized carbons (Fsp3) is 0.200. The van der Waals surface area contributed by atoms with Crippen LogP contribution in [-0.4, -0.2) is 10.9 Å². The van der Waals surface area contributed by atoms with E-state index in [2.05, 4.69) is 15.7 Å². The first-order valence-electron chi connectivity index (χ1n) is 6.40. The number of amides is 1. The Kier molecular flexibility index (Phi) is 4.32. The van der Waals surface area contributed by atoms with Crippen LogP contribution >= 0.6 is 0 Å². The van der Waals surface area contributed by atoms with Crippen molar-refractivity contribution in [1.82, 2.24) is 10.3 Å². The van der Waals surface area contributed by atoms with E-state index in [0.29, 0.717) is 11.4 Å². The minimum absolute atomic E-state index is 0.0598. The molecular formula is C15H18N4O. The molecule has 0 bridgehead atoms. The molecule has 4 N–H and O–H groups in total. The van der Waals surface area contributed by atoms with E-state index >= 15 is 0 Å². The molecule has 104 valence electrons. The molecule has 2 rings (SSSR count). The average molecular weight is 270 g/mol. The normalized spacial score (nSPS) is 11.8. The van der Waals surface area contributed by atoms with Gasteiger partial charge in [0.1, 0.15) is 5.82 Å². The van der Waals surface area contributed by atoms with Crippen molar-refractivity contribution >= 4 is 11.7 Å². The highest BCUT2D eigenvalue weighted by atomic mass is 16.1. The van der Waals surface area contributed by atoms with E-state index in [1.165, 1.54) is 11.8 Å². The first-order valence-corrected chi connectivity index (χ1v) is 6.40. The number of hydrogen-bond donors (Lipinski definition) is 3. The number of hydrazine groups is 1. The maximum Gasteiger partial charge on any atom is 0.253 e. The Hall–Kier alpha value is -2.40. The van der Waals surface area contributed by atoms with Gasteiger partial charge in [0.25, 0.3) is 5.91 Å². The van der Waals surface area contributed by atoms with Gasteiger partial charge in [-0.2, -0.15) is 0 Å². The molecule has 0 spiro atoms. The summed E-state index contributed by atoms with van der Waals surface area (Å²) in [4.78, 5) is 16.1. The summed E-state index contributed by atoms with van der Waals surface area (Å²) >= 11 is 0. The molecule has 20 heavy (non-hydrogen) atoms. The summed E-state index contributed by atoms with van der Waals surface area (Å²) in [6, 6.07) is 11.4. The predicted octanol–water partition coefficient (Wildman–Crippen LogP) is 2.17. The van der Waals surface area contributed by atoms with E-state index in [1.54, 1.807) is 12.1 Å². The summed E-state index contributed by atoms with van der Waals surface area (Å²) in [6.45, 7) is 3.98. The summed E-state index contributed by atoms with van der Waals surface area (Å²) in [7, 11) is 0. The number of hydrogen-bond acceptors (Lipinski definition) is 4. The lowest BCUT2D eigenvalue weighted by atomic mass is 10.1. The van der Waals surface area contributed by atoms with Gasteiger partial charge in [-0.1, -0.05) is 29.8 Å². The predicted molar refractivity (Wildman–Crippen MR) is 79.1 cm³/mol. The van der Waals surface area contributed by atoms with Crippen molar-refractivity contribution in [2.45, 2.75) is 19.9 Å². The lowest BCUT2D eigenvalue weighted by Gasteiger charge is -2.14. The zero-order valence-electron chi connectivity index (χ0n) is 11.6. The van der Waals surface area contributed by atoms with Gasteiger partial charge < -0.3 is 10.7 Å². The number of nitrogens with one attached hydrogen (secondary N) is 2. The van der Waals surface area contributed by atoms with Crippen molar-refractivity contribution in [3.8, 4) is 0 Å². The van der Waals surface area contributed by atoms with Crippen LogP contribution in [-0.2, 0) is 0 Å². The largest absolute Gasteiger partial charge is 0.345 e. The Labute approximate surface area is 118 Å². The van der Waals surface area contributed by atoms with Crippen molar-refractivity contribution in [3.05, 3.63) is 59.3 Å². The van der Waals surface area contributed by atoms with Gasteiger partial charge in [0.05, 0.1) is 11.6 Å². The fourth-order valence-corrected chi connectivity index (χ4v) is 1.83. The van der Waals surface area contributed by atoms with E-state index in [9.17, 15) is 4.79 Å². The molecule has 1 heterocycles. The third-order valence-electron chi connectivity index (χ3n) is 3.10. The lowest BCUT2D eigenvalue weighted by Crippen LogP contribution is -2.26. The van der Waals surface area contributed by atoms with Gasteiger partial charge in [0.2, 0.25) is 0 Å². The van der Waals surface area contributed by atoms with Crippen LogP contribution in [0.15, 0.2) is 42.6 Å². The van der Waals surface area contributed by atoms with E-state index in [-0.39, 0.29) is 11.9 Å². The Morgan fingerprint density at radius 2 is 1.90 bits per heavy atom. The molecule has 5 nitrogen and oxygen atoms in total. The molecule has 1 atom stereocenters. The minimum atomic E-state index is -0.158. The first-order chi connectivity index (χ1) is 9.60. The third-order valence-corrected chi connectivity index (χ3v) is 3.10. The maximum atomic E-state index is 12.1. The van der Waals surface area contributed by atoms with Crippen molar-refractivity contribution in [2.75, 3.05) is 5.43 Å². The second kappa shape index (κ2) is 6.16. The number of carbonyl (C=O) groups excluding carboxylic acids is 1. The molecule has 0 aliphatic rings. The first kappa shape index (κ1) is 14.0. The maximum absolute atomic E-state index is 12.1. The van der Waals surface area contributed by atoms with Crippen LogP contribution in [0.2, 0.25) is 0 Å². The Balaban J connectivity index is 2.04. The van der Waals surface area contributed by atoms with E-state index in [1.807, 2.05) is 38.1 Å². The molecule has 1 aromatic heterocycles. The van der Waals surface area contributed by atoms with Gasteiger partial charge in [-0.15, -0.1) is 0 Å². The molecule has 2 aromatic rings. The Morgan fingerprint density at radius 1 is 1.20 bits per heavy atom. The number of benzene rings is 1. The number of anilines is 1. The second-order valence-corrected chi connectivity index (χ2v) is 4.68. The number of aryl methyl sites for hydroxylation is 1. The van der Waals surface area contributed by atoms with Gasteiger partial charge in [-0.05, 0) is 31.5 Å². The van der Waals surface area contributed by atoms with Crippen LogP contribution in [0.4, 0.5) is 5.82 Å². The molecule has 1 amide bonds. The van der Waals surface area contributed by atoms with Crippen LogP contribution in [0.1, 0.15) is 34.5 Å². The Bertz CT molecular complexity index is 578. The molecule has 0 saturated carbocycles. The van der Waals surface area contributed by atoms with Gasteiger partial charge in [0.15, 0.2) is 0 Å². The van der Waals surface area contributed by atoms with E-state index in [0.717, 1.165) is 5.56 Å². The van der Waals surface area contributed by atoms with Crippen molar-refractivity contribution in [2.24, 2.45) is 5.84 Å². The van der Waals surface area contributed by atoms with Gasteiger partial charge in [-0.25, -0.2) is 10.8 Å². The van der Waals surface area contributed by atoms with Crippen LogP contribution in [0.5, 0.6) is 0 Å². The summed E-state index contributed by atoms with van der Waals surface area (Å²) < 4.78 is 0. The van der Waals surface area contributed by atoms with E-state index < -0.39 is 0 Å². The van der Waals surface area contributed by atoms with Crippen molar-refractivity contribution in [3.63, 3.8) is 0 Å². The lowest BCUT2D eigenvalue weighted by molar-refractivity contribution is 0.0939. The summed E-state index contributed by atoms with van der Waals surface area (Å²) in [6.07, 6.45) is 1.49.